The smallest absolute Gasteiger partial charge is 0.101 e. The topological polar surface area (TPSA) is 44.6 Å². The van der Waals surface area contributed by atoms with Gasteiger partial charge in [-0.1, -0.05) is 117 Å². The molecule has 174 valence electrons. The van der Waals surface area contributed by atoms with Gasteiger partial charge < -0.3 is 10.4 Å². The van der Waals surface area contributed by atoms with E-state index in [9.17, 15) is 5.11 Å². The summed E-state index contributed by atoms with van der Waals surface area (Å²) in [4.78, 5) is 4.92. The van der Waals surface area contributed by atoms with E-state index in [4.69, 9.17) is 4.99 Å². The Morgan fingerprint density at radius 1 is 0.800 bits per heavy atom. The molecule has 0 spiro atoms. The number of anilines is 1. The van der Waals surface area contributed by atoms with Crippen LogP contribution in [0.1, 0.15) is 53.3 Å². The van der Waals surface area contributed by atoms with Crippen molar-refractivity contribution >= 4 is 11.9 Å². The van der Waals surface area contributed by atoms with Gasteiger partial charge in [0.05, 0.1) is 11.6 Å². The van der Waals surface area contributed by atoms with Gasteiger partial charge in [-0.05, 0) is 27.8 Å². The number of aliphatic hydroxyl groups is 1. The van der Waals surface area contributed by atoms with E-state index in [1.165, 1.54) is 22.3 Å². The van der Waals surface area contributed by atoms with E-state index in [0.717, 1.165) is 16.8 Å². The number of rotatable bonds is 4. The average Bonchev–Trinajstić information content (AvgIpc) is 3.34. The number of hydrogen-bond donors (Lipinski definition) is 2. The highest BCUT2D eigenvalue weighted by Crippen LogP contribution is 2.56. The highest BCUT2D eigenvalue weighted by Gasteiger charge is 2.54. The number of aliphatic hydroxyl groups excluding tert-OH is 1. The summed E-state index contributed by atoms with van der Waals surface area (Å²) in [6.07, 6.45) is 2.11. The first-order valence-corrected chi connectivity index (χ1v) is 12.3. The van der Waals surface area contributed by atoms with Crippen LogP contribution in [0.5, 0.6) is 0 Å². The summed E-state index contributed by atoms with van der Waals surface area (Å²) >= 11 is 0. The Morgan fingerprint density at radius 3 is 2.11 bits per heavy atom. The largest absolute Gasteiger partial charge is 0.390 e. The van der Waals surface area contributed by atoms with E-state index in [-0.39, 0.29) is 11.5 Å². The molecular formula is C32H30N2O. The third-order valence-corrected chi connectivity index (χ3v) is 7.98. The predicted octanol–water partition coefficient (Wildman–Crippen LogP) is 6.41. The lowest BCUT2D eigenvalue weighted by atomic mass is 9.64. The monoisotopic (exact) mass is 458 g/mol. The second-order valence-corrected chi connectivity index (χ2v) is 10.2. The van der Waals surface area contributed by atoms with Crippen LogP contribution in [0.25, 0.3) is 0 Å². The number of nitrogens with zero attached hydrogens (tertiary/aromatic N) is 1. The first-order chi connectivity index (χ1) is 17.0. The summed E-state index contributed by atoms with van der Waals surface area (Å²) in [7, 11) is 0. The van der Waals surface area contributed by atoms with Crippen LogP contribution in [-0.4, -0.2) is 17.4 Å². The SMILES string of the molecule is CC1(C)c2cccc(C=N[C@@H]3c4ccccc4C[C@@H]3O)c2NC1(c1ccccc1)c1ccccc1. The van der Waals surface area contributed by atoms with Crippen molar-refractivity contribution in [3.05, 3.63) is 137 Å². The minimum absolute atomic E-state index is 0.228. The first kappa shape index (κ1) is 21.8. The second-order valence-electron chi connectivity index (χ2n) is 10.2. The van der Waals surface area contributed by atoms with Crippen LogP contribution < -0.4 is 5.32 Å². The van der Waals surface area contributed by atoms with Crippen LogP contribution in [0, 0.1) is 0 Å². The Labute approximate surface area is 207 Å². The van der Waals surface area contributed by atoms with Crippen LogP contribution in [-0.2, 0) is 17.4 Å². The molecule has 0 unspecified atom stereocenters. The molecule has 2 atom stereocenters. The number of aliphatic imine (C=N–C) groups is 1. The standard InChI is InChI=1S/C32H30N2O/c1-31(2)27-19-11-13-23(21-33-30-26-18-10-9-12-22(26)20-28(30)35)29(27)34-32(31,24-14-5-3-6-15-24)25-16-7-4-8-17-25/h3-19,21,28,30,34-35H,20H2,1-2H3/t28-,30+/m0/s1. The fourth-order valence-corrected chi connectivity index (χ4v) is 6.19. The van der Waals surface area contributed by atoms with Gasteiger partial charge in [0.25, 0.3) is 0 Å². The number of hydrogen-bond acceptors (Lipinski definition) is 3. The normalized spacial score (nSPS) is 21.5. The molecule has 0 saturated heterocycles. The van der Waals surface area contributed by atoms with Gasteiger partial charge in [0.1, 0.15) is 6.04 Å². The summed E-state index contributed by atoms with van der Waals surface area (Å²) < 4.78 is 0. The van der Waals surface area contributed by atoms with Gasteiger partial charge in [-0.2, -0.15) is 0 Å². The quantitative estimate of drug-likeness (QED) is 0.347. The first-order valence-electron chi connectivity index (χ1n) is 12.3. The van der Waals surface area contributed by atoms with Crippen molar-refractivity contribution in [1.29, 1.82) is 0 Å². The van der Waals surface area contributed by atoms with Gasteiger partial charge >= 0.3 is 0 Å². The lowest BCUT2D eigenvalue weighted by Crippen LogP contribution is -2.47. The molecule has 4 aromatic carbocycles. The Morgan fingerprint density at radius 2 is 1.43 bits per heavy atom. The maximum absolute atomic E-state index is 10.7. The molecule has 4 aromatic rings. The third-order valence-electron chi connectivity index (χ3n) is 7.98. The molecule has 3 heteroatoms. The summed E-state index contributed by atoms with van der Waals surface area (Å²) in [5.74, 6) is 0. The summed E-state index contributed by atoms with van der Waals surface area (Å²) in [5.41, 5.74) is 7.53. The van der Waals surface area contributed by atoms with Gasteiger partial charge in [-0.25, -0.2) is 0 Å². The highest BCUT2D eigenvalue weighted by molar-refractivity contribution is 5.92. The van der Waals surface area contributed by atoms with Gasteiger partial charge in [0.15, 0.2) is 0 Å². The van der Waals surface area contributed by atoms with E-state index < -0.39 is 11.6 Å². The zero-order valence-corrected chi connectivity index (χ0v) is 20.1. The molecule has 6 rings (SSSR count). The molecule has 2 N–H and O–H groups in total. The lowest BCUT2D eigenvalue weighted by molar-refractivity contribution is 0.159. The molecule has 0 radical (unpaired) electrons. The van der Waals surface area contributed by atoms with E-state index >= 15 is 0 Å². The third kappa shape index (κ3) is 3.26. The fraction of sp³-hybridized carbons (Fsp3) is 0.219. The van der Waals surface area contributed by atoms with Crippen LogP contribution in [0.4, 0.5) is 5.69 Å². The zero-order chi connectivity index (χ0) is 24.0. The molecule has 0 saturated carbocycles. The van der Waals surface area contributed by atoms with Crippen LogP contribution in [0.3, 0.4) is 0 Å². The summed E-state index contributed by atoms with van der Waals surface area (Å²) in [6.45, 7) is 4.65. The van der Waals surface area contributed by atoms with Gasteiger partial charge in [0, 0.05) is 29.3 Å². The number of para-hydroxylation sites is 1. The van der Waals surface area contributed by atoms with Crippen LogP contribution >= 0.6 is 0 Å². The summed E-state index contributed by atoms with van der Waals surface area (Å²) in [5, 5.41) is 14.7. The van der Waals surface area contributed by atoms with Crippen LogP contribution in [0.15, 0.2) is 108 Å². The fourth-order valence-electron chi connectivity index (χ4n) is 6.19. The minimum Gasteiger partial charge on any atom is -0.390 e. The average molecular weight is 459 g/mol. The molecule has 35 heavy (non-hydrogen) atoms. The van der Waals surface area contributed by atoms with E-state index in [1.807, 2.05) is 18.3 Å². The number of fused-ring (bicyclic) bond motifs is 2. The number of benzene rings is 4. The Kier molecular flexibility index (Phi) is 5.12. The zero-order valence-electron chi connectivity index (χ0n) is 20.1. The van der Waals surface area contributed by atoms with Crippen LogP contribution in [0.2, 0.25) is 0 Å². The molecule has 2 aliphatic rings. The molecule has 0 aromatic heterocycles. The summed E-state index contributed by atoms with van der Waals surface area (Å²) in [6, 6.07) is 35.9. The van der Waals surface area contributed by atoms with Crippen molar-refractivity contribution in [2.75, 3.05) is 5.32 Å². The Balaban J connectivity index is 1.47. The van der Waals surface area contributed by atoms with Gasteiger partial charge in [0.2, 0.25) is 0 Å². The molecule has 0 bridgehead atoms. The van der Waals surface area contributed by atoms with Gasteiger partial charge in [-0.15, -0.1) is 0 Å². The van der Waals surface area contributed by atoms with Crippen molar-refractivity contribution < 1.29 is 5.11 Å². The molecular weight excluding hydrogens is 428 g/mol. The maximum Gasteiger partial charge on any atom is 0.101 e. The Hall–Kier alpha value is -3.69. The number of nitrogens with one attached hydrogen (secondary N) is 1. The van der Waals surface area contributed by atoms with E-state index in [2.05, 4.69) is 110 Å². The second kappa shape index (κ2) is 8.21. The van der Waals surface area contributed by atoms with Crippen molar-refractivity contribution in [2.24, 2.45) is 4.99 Å². The van der Waals surface area contributed by atoms with E-state index in [0.29, 0.717) is 6.42 Å². The van der Waals surface area contributed by atoms with Crippen molar-refractivity contribution in [3.63, 3.8) is 0 Å². The molecule has 3 nitrogen and oxygen atoms in total. The maximum atomic E-state index is 10.7. The molecule has 1 aliphatic carbocycles. The minimum atomic E-state index is -0.488. The molecule has 0 fully saturated rings. The van der Waals surface area contributed by atoms with Gasteiger partial charge in [-0.3, -0.25) is 4.99 Å². The van der Waals surface area contributed by atoms with Crippen molar-refractivity contribution in [1.82, 2.24) is 0 Å². The van der Waals surface area contributed by atoms with E-state index in [1.54, 1.807) is 0 Å². The predicted molar refractivity (Wildman–Crippen MR) is 143 cm³/mol. The van der Waals surface area contributed by atoms with Crippen molar-refractivity contribution in [3.8, 4) is 0 Å². The molecule has 1 aliphatic heterocycles. The molecule has 1 heterocycles. The lowest BCUT2D eigenvalue weighted by Gasteiger charge is -2.43. The highest BCUT2D eigenvalue weighted by atomic mass is 16.3. The Bertz CT molecular complexity index is 1350. The van der Waals surface area contributed by atoms with Crippen molar-refractivity contribution in [2.45, 2.75) is 43.4 Å². The molecule has 0 amide bonds.